The Kier molecular flexibility index (Phi) is 5.34. The topological polar surface area (TPSA) is 56.8 Å². The van der Waals surface area contributed by atoms with Gasteiger partial charge in [-0.3, -0.25) is 14.5 Å². The number of hydrogen-bond donors (Lipinski definition) is 0. The van der Waals surface area contributed by atoms with Gasteiger partial charge in [0.1, 0.15) is 5.69 Å². The van der Waals surface area contributed by atoms with Gasteiger partial charge in [0.15, 0.2) is 0 Å². The number of likely N-dealkylation sites (tertiary alicyclic amines) is 1. The number of fused-ring (bicyclic) bond motifs is 1. The zero-order valence-corrected chi connectivity index (χ0v) is 15.6. The van der Waals surface area contributed by atoms with E-state index in [2.05, 4.69) is 9.88 Å². The first-order valence-electron chi connectivity index (χ1n) is 9.86. The highest BCUT2D eigenvalue weighted by molar-refractivity contribution is 5.95. The van der Waals surface area contributed by atoms with Gasteiger partial charge in [0.2, 0.25) is 5.91 Å². The average Bonchev–Trinajstić information content (AvgIpc) is 2.74. The lowest BCUT2D eigenvalue weighted by atomic mass is 10.1. The molecule has 1 aromatic carbocycles. The molecule has 2 saturated heterocycles. The molecule has 6 nitrogen and oxygen atoms in total. The molecule has 3 heterocycles. The van der Waals surface area contributed by atoms with Gasteiger partial charge >= 0.3 is 0 Å². The molecule has 2 aromatic rings. The zero-order chi connectivity index (χ0) is 18.6. The van der Waals surface area contributed by atoms with E-state index in [0.29, 0.717) is 25.3 Å². The van der Waals surface area contributed by atoms with E-state index in [0.717, 1.165) is 49.9 Å². The van der Waals surface area contributed by atoms with E-state index < -0.39 is 0 Å². The molecule has 0 bridgehead atoms. The SMILES string of the molecule is O=C(CN1CCN(C(=O)c2ccc3ccccc3n2)CC1)N1CCCCC1. The van der Waals surface area contributed by atoms with Crippen molar-refractivity contribution in [3.8, 4) is 0 Å². The van der Waals surface area contributed by atoms with Gasteiger partial charge in [-0.15, -0.1) is 0 Å². The predicted octanol–water partition coefficient (Wildman–Crippen LogP) is 2.01. The highest BCUT2D eigenvalue weighted by atomic mass is 16.2. The summed E-state index contributed by atoms with van der Waals surface area (Å²) in [5.41, 5.74) is 1.33. The number of hydrogen-bond acceptors (Lipinski definition) is 4. The van der Waals surface area contributed by atoms with Crippen LogP contribution in [0.5, 0.6) is 0 Å². The molecule has 0 spiro atoms. The van der Waals surface area contributed by atoms with Crippen LogP contribution in [0.1, 0.15) is 29.8 Å². The second-order valence-corrected chi connectivity index (χ2v) is 7.40. The Hall–Kier alpha value is -2.47. The molecular formula is C21H26N4O2. The maximum Gasteiger partial charge on any atom is 0.272 e. The fraction of sp³-hybridized carbons (Fsp3) is 0.476. The van der Waals surface area contributed by atoms with Crippen molar-refractivity contribution in [2.24, 2.45) is 0 Å². The summed E-state index contributed by atoms with van der Waals surface area (Å²) >= 11 is 0. The molecule has 0 aliphatic carbocycles. The van der Waals surface area contributed by atoms with Crippen LogP contribution in [0.25, 0.3) is 10.9 Å². The van der Waals surface area contributed by atoms with Crippen molar-refractivity contribution < 1.29 is 9.59 Å². The number of carbonyl (C=O) groups is 2. The van der Waals surface area contributed by atoms with Crippen molar-refractivity contribution in [1.82, 2.24) is 19.7 Å². The van der Waals surface area contributed by atoms with E-state index in [1.165, 1.54) is 6.42 Å². The molecule has 1 aromatic heterocycles. The summed E-state index contributed by atoms with van der Waals surface area (Å²) in [6, 6.07) is 11.6. The van der Waals surface area contributed by atoms with Crippen LogP contribution in [0.4, 0.5) is 0 Å². The van der Waals surface area contributed by atoms with E-state index >= 15 is 0 Å². The van der Waals surface area contributed by atoms with Crippen LogP contribution in [0.3, 0.4) is 0 Å². The highest BCUT2D eigenvalue weighted by Gasteiger charge is 2.25. The predicted molar refractivity (Wildman–Crippen MR) is 105 cm³/mol. The zero-order valence-electron chi connectivity index (χ0n) is 15.6. The third-order valence-electron chi connectivity index (χ3n) is 5.54. The first-order chi connectivity index (χ1) is 13.2. The van der Waals surface area contributed by atoms with Gasteiger partial charge in [0, 0.05) is 44.7 Å². The lowest BCUT2D eigenvalue weighted by Crippen LogP contribution is -2.52. The van der Waals surface area contributed by atoms with Crippen molar-refractivity contribution in [2.45, 2.75) is 19.3 Å². The molecule has 0 saturated carbocycles. The number of aromatic nitrogens is 1. The molecule has 2 amide bonds. The minimum absolute atomic E-state index is 0.0252. The lowest BCUT2D eigenvalue weighted by Gasteiger charge is -2.36. The van der Waals surface area contributed by atoms with Gasteiger partial charge in [-0.1, -0.05) is 24.3 Å². The number of benzene rings is 1. The van der Waals surface area contributed by atoms with Crippen molar-refractivity contribution in [1.29, 1.82) is 0 Å². The molecule has 4 rings (SSSR count). The Bertz CT molecular complexity index is 824. The molecular weight excluding hydrogens is 340 g/mol. The van der Waals surface area contributed by atoms with Gasteiger partial charge in [0.25, 0.3) is 5.91 Å². The van der Waals surface area contributed by atoms with Crippen molar-refractivity contribution in [3.63, 3.8) is 0 Å². The maximum absolute atomic E-state index is 12.8. The standard InChI is InChI=1S/C21H26N4O2/c26-20(24-10-4-1-5-11-24)16-23-12-14-25(15-13-23)21(27)19-9-8-17-6-2-3-7-18(17)22-19/h2-3,6-9H,1,4-5,10-16H2. The summed E-state index contributed by atoms with van der Waals surface area (Å²) in [5, 5.41) is 1.04. The van der Waals surface area contributed by atoms with Gasteiger partial charge in [0.05, 0.1) is 12.1 Å². The Labute approximate surface area is 159 Å². The number of piperazine rings is 1. The highest BCUT2D eigenvalue weighted by Crippen LogP contribution is 2.15. The Morgan fingerprint density at radius 1 is 0.815 bits per heavy atom. The van der Waals surface area contributed by atoms with Crippen LogP contribution < -0.4 is 0 Å². The fourth-order valence-corrected chi connectivity index (χ4v) is 3.89. The van der Waals surface area contributed by atoms with E-state index in [-0.39, 0.29) is 11.8 Å². The quantitative estimate of drug-likeness (QED) is 0.834. The van der Waals surface area contributed by atoms with Crippen LogP contribution in [0.15, 0.2) is 36.4 Å². The van der Waals surface area contributed by atoms with Crippen LogP contribution in [0.2, 0.25) is 0 Å². The Balaban J connectivity index is 1.32. The van der Waals surface area contributed by atoms with E-state index in [1.54, 1.807) is 6.07 Å². The Morgan fingerprint density at radius 3 is 2.33 bits per heavy atom. The maximum atomic E-state index is 12.8. The normalized spacial score (nSPS) is 18.7. The van der Waals surface area contributed by atoms with E-state index in [1.807, 2.05) is 40.1 Å². The second kappa shape index (κ2) is 8.05. The Morgan fingerprint density at radius 2 is 1.56 bits per heavy atom. The number of piperidine rings is 1. The lowest BCUT2D eigenvalue weighted by molar-refractivity contribution is -0.133. The molecule has 2 aliphatic rings. The van der Waals surface area contributed by atoms with Gasteiger partial charge < -0.3 is 9.80 Å². The fourth-order valence-electron chi connectivity index (χ4n) is 3.89. The minimum Gasteiger partial charge on any atom is -0.342 e. The molecule has 0 atom stereocenters. The van der Waals surface area contributed by atoms with Gasteiger partial charge in [-0.05, 0) is 31.4 Å². The first kappa shape index (κ1) is 17.9. The second-order valence-electron chi connectivity index (χ2n) is 7.40. The van der Waals surface area contributed by atoms with Gasteiger partial charge in [-0.2, -0.15) is 0 Å². The number of carbonyl (C=O) groups excluding carboxylic acids is 2. The van der Waals surface area contributed by atoms with Crippen molar-refractivity contribution in [2.75, 3.05) is 45.8 Å². The van der Waals surface area contributed by atoms with E-state index in [9.17, 15) is 9.59 Å². The summed E-state index contributed by atoms with van der Waals surface area (Å²) < 4.78 is 0. The number of pyridine rings is 1. The van der Waals surface area contributed by atoms with Crippen molar-refractivity contribution >= 4 is 22.7 Å². The molecule has 0 N–H and O–H groups in total. The largest absolute Gasteiger partial charge is 0.342 e. The molecule has 2 aliphatic heterocycles. The van der Waals surface area contributed by atoms with Crippen LogP contribution in [-0.2, 0) is 4.79 Å². The number of nitrogens with zero attached hydrogens (tertiary/aromatic N) is 4. The molecule has 0 unspecified atom stereocenters. The smallest absolute Gasteiger partial charge is 0.272 e. The third-order valence-corrected chi connectivity index (χ3v) is 5.54. The molecule has 6 heteroatoms. The summed E-state index contributed by atoms with van der Waals surface area (Å²) in [6.07, 6.45) is 3.47. The molecule has 2 fully saturated rings. The molecule has 142 valence electrons. The minimum atomic E-state index is -0.0252. The monoisotopic (exact) mass is 366 g/mol. The van der Waals surface area contributed by atoms with Crippen molar-refractivity contribution in [3.05, 3.63) is 42.1 Å². The number of rotatable bonds is 3. The first-order valence-corrected chi connectivity index (χ1v) is 9.86. The van der Waals surface area contributed by atoms with Crippen LogP contribution in [-0.4, -0.2) is 77.3 Å². The number of para-hydroxylation sites is 1. The summed E-state index contributed by atoms with van der Waals surface area (Å²) in [6.45, 7) is 5.01. The molecule has 27 heavy (non-hydrogen) atoms. The van der Waals surface area contributed by atoms with Crippen LogP contribution in [0, 0.1) is 0 Å². The van der Waals surface area contributed by atoms with Crippen LogP contribution >= 0.6 is 0 Å². The van der Waals surface area contributed by atoms with E-state index in [4.69, 9.17) is 0 Å². The summed E-state index contributed by atoms with van der Waals surface area (Å²) in [5.74, 6) is 0.202. The average molecular weight is 366 g/mol. The number of amides is 2. The molecule has 0 radical (unpaired) electrons. The summed E-state index contributed by atoms with van der Waals surface area (Å²) in [7, 11) is 0. The third kappa shape index (κ3) is 4.11. The summed E-state index contributed by atoms with van der Waals surface area (Å²) in [4.78, 5) is 35.7. The van der Waals surface area contributed by atoms with Gasteiger partial charge in [-0.25, -0.2) is 4.98 Å².